The maximum atomic E-state index is 12.5. The second kappa shape index (κ2) is 8.82. The van der Waals surface area contributed by atoms with Gasteiger partial charge in [-0.05, 0) is 37.3 Å². The molecule has 0 aliphatic rings. The first kappa shape index (κ1) is 17.7. The molecule has 0 fully saturated rings. The van der Waals surface area contributed by atoms with Crippen LogP contribution in [0.5, 0.6) is 17.2 Å². The number of hydrogen-bond acceptors (Lipinski definition) is 4. The maximum Gasteiger partial charge on any atom is 0.253 e. The lowest BCUT2D eigenvalue weighted by Gasteiger charge is -2.18. The Morgan fingerprint density at radius 1 is 1.04 bits per heavy atom. The largest absolute Gasteiger partial charge is 0.493 e. The van der Waals surface area contributed by atoms with Crippen LogP contribution in [0.2, 0.25) is 0 Å². The van der Waals surface area contributed by atoms with E-state index in [2.05, 4.69) is 0 Å². The van der Waals surface area contributed by atoms with Crippen molar-refractivity contribution in [1.82, 2.24) is 4.90 Å². The molecule has 0 aromatic heterocycles. The molecule has 0 aliphatic heterocycles. The number of carbonyl (C=O) groups excluding carboxylic acids is 1. The standard InChI is InChI=1S/C19H23NO4/c1-4-23-18-14-15(10-11-17(18)22-3)19(21)20(2)12-13-24-16-8-6-5-7-9-16/h5-11,14H,4,12-13H2,1-3H3. The van der Waals surface area contributed by atoms with Crippen LogP contribution in [0.1, 0.15) is 17.3 Å². The zero-order valence-electron chi connectivity index (χ0n) is 14.3. The molecule has 24 heavy (non-hydrogen) atoms. The molecule has 0 bridgehead atoms. The van der Waals surface area contributed by atoms with Crippen molar-refractivity contribution in [3.8, 4) is 17.2 Å². The number of para-hydroxylation sites is 1. The van der Waals surface area contributed by atoms with Crippen LogP contribution in [0.4, 0.5) is 0 Å². The van der Waals surface area contributed by atoms with Crippen LogP contribution in [0, 0.1) is 0 Å². The van der Waals surface area contributed by atoms with Crippen molar-refractivity contribution >= 4 is 5.91 Å². The fourth-order valence-electron chi connectivity index (χ4n) is 2.22. The molecule has 2 rings (SSSR count). The summed E-state index contributed by atoms with van der Waals surface area (Å²) in [4.78, 5) is 14.1. The van der Waals surface area contributed by atoms with Gasteiger partial charge in [0.2, 0.25) is 0 Å². The Labute approximate surface area is 142 Å². The van der Waals surface area contributed by atoms with Gasteiger partial charge in [-0.25, -0.2) is 0 Å². The molecule has 128 valence electrons. The average molecular weight is 329 g/mol. The van der Waals surface area contributed by atoms with Gasteiger partial charge < -0.3 is 19.1 Å². The lowest BCUT2D eigenvalue weighted by molar-refractivity contribution is 0.0773. The fourth-order valence-corrected chi connectivity index (χ4v) is 2.22. The second-order valence-corrected chi connectivity index (χ2v) is 5.19. The lowest BCUT2D eigenvalue weighted by Crippen LogP contribution is -2.30. The van der Waals surface area contributed by atoms with Crippen molar-refractivity contribution in [3.05, 3.63) is 54.1 Å². The number of ether oxygens (including phenoxy) is 3. The van der Waals surface area contributed by atoms with E-state index in [-0.39, 0.29) is 5.91 Å². The minimum atomic E-state index is -0.0877. The summed E-state index contributed by atoms with van der Waals surface area (Å²) >= 11 is 0. The van der Waals surface area contributed by atoms with Gasteiger partial charge in [0.25, 0.3) is 5.91 Å². The van der Waals surface area contributed by atoms with Crippen LogP contribution >= 0.6 is 0 Å². The third-order valence-corrected chi connectivity index (χ3v) is 3.50. The molecule has 0 saturated heterocycles. The molecule has 0 radical (unpaired) electrons. The Balaban J connectivity index is 1.95. The van der Waals surface area contributed by atoms with Crippen molar-refractivity contribution in [2.75, 3.05) is 33.9 Å². The topological polar surface area (TPSA) is 48.0 Å². The van der Waals surface area contributed by atoms with E-state index >= 15 is 0 Å². The molecule has 0 atom stereocenters. The average Bonchev–Trinajstić information content (AvgIpc) is 2.62. The van der Waals surface area contributed by atoms with E-state index < -0.39 is 0 Å². The third-order valence-electron chi connectivity index (χ3n) is 3.50. The van der Waals surface area contributed by atoms with Crippen molar-refractivity contribution in [2.24, 2.45) is 0 Å². The number of carbonyl (C=O) groups is 1. The maximum absolute atomic E-state index is 12.5. The van der Waals surface area contributed by atoms with E-state index in [0.717, 1.165) is 5.75 Å². The van der Waals surface area contributed by atoms with Crippen molar-refractivity contribution in [3.63, 3.8) is 0 Å². The summed E-state index contributed by atoms with van der Waals surface area (Å²) in [5.41, 5.74) is 0.557. The van der Waals surface area contributed by atoms with Crippen molar-refractivity contribution < 1.29 is 19.0 Å². The number of methoxy groups -OCH3 is 1. The smallest absolute Gasteiger partial charge is 0.253 e. The molecule has 0 spiro atoms. The molecule has 2 aromatic rings. The summed E-state index contributed by atoms with van der Waals surface area (Å²) in [7, 11) is 3.33. The van der Waals surface area contributed by atoms with Crippen LogP contribution in [0.15, 0.2) is 48.5 Å². The van der Waals surface area contributed by atoms with Gasteiger partial charge in [0, 0.05) is 12.6 Å². The van der Waals surface area contributed by atoms with E-state index in [1.165, 1.54) is 0 Å². The highest BCUT2D eigenvalue weighted by molar-refractivity contribution is 5.94. The van der Waals surface area contributed by atoms with Gasteiger partial charge in [-0.15, -0.1) is 0 Å². The first-order valence-electron chi connectivity index (χ1n) is 7.89. The zero-order chi connectivity index (χ0) is 17.4. The number of amides is 1. The number of rotatable bonds is 8. The Hall–Kier alpha value is -2.69. The Bertz CT molecular complexity index is 658. The first-order chi connectivity index (χ1) is 11.7. The van der Waals surface area contributed by atoms with Crippen LogP contribution < -0.4 is 14.2 Å². The van der Waals surface area contributed by atoms with Crippen LogP contribution in [0.3, 0.4) is 0 Å². The predicted octanol–water partition coefficient (Wildman–Crippen LogP) is 3.24. The normalized spacial score (nSPS) is 10.1. The number of nitrogens with zero attached hydrogens (tertiary/aromatic N) is 1. The minimum Gasteiger partial charge on any atom is -0.493 e. The highest BCUT2D eigenvalue weighted by atomic mass is 16.5. The van der Waals surface area contributed by atoms with Gasteiger partial charge in [0.1, 0.15) is 12.4 Å². The number of hydrogen-bond donors (Lipinski definition) is 0. The first-order valence-corrected chi connectivity index (χ1v) is 7.89. The zero-order valence-corrected chi connectivity index (χ0v) is 14.3. The van der Waals surface area contributed by atoms with Gasteiger partial charge in [0.05, 0.1) is 20.3 Å². The summed E-state index contributed by atoms with van der Waals surface area (Å²) in [6.45, 7) is 3.32. The molecule has 0 aliphatic carbocycles. The summed E-state index contributed by atoms with van der Waals surface area (Å²) in [6, 6.07) is 14.7. The van der Waals surface area contributed by atoms with Gasteiger partial charge >= 0.3 is 0 Å². The lowest BCUT2D eigenvalue weighted by atomic mass is 10.1. The highest BCUT2D eigenvalue weighted by Crippen LogP contribution is 2.28. The van der Waals surface area contributed by atoms with E-state index in [1.54, 1.807) is 37.3 Å². The molecular formula is C19H23NO4. The second-order valence-electron chi connectivity index (χ2n) is 5.19. The molecule has 1 amide bonds. The monoisotopic (exact) mass is 329 g/mol. The fraction of sp³-hybridized carbons (Fsp3) is 0.316. The molecule has 0 saturated carbocycles. The molecular weight excluding hydrogens is 306 g/mol. The van der Waals surface area contributed by atoms with E-state index in [1.807, 2.05) is 37.3 Å². The number of likely N-dealkylation sites (N-methyl/N-ethyl adjacent to an activating group) is 1. The highest BCUT2D eigenvalue weighted by Gasteiger charge is 2.15. The molecule has 2 aromatic carbocycles. The van der Waals surface area contributed by atoms with Gasteiger partial charge in [-0.3, -0.25) is 4.79 Å². The Morgan fingerprint density at radius 3 is 2.46 bits per heavy atom. The van der Waals surface area contributed by atoms with Crippen molar-refractivity contribution in [1.29, 1.82) is 0 Å². The summed E-state index contributed by atoms with van der Waals surface area (Å²) < 4.78 is 16.4. The summed E-state index contributed by atoms with van der Waals surface area (Å²) in [5, 5.41) is 0. The third kappa shape index (κ3) is 4.65. The van der Waals surface area contributed by atoms with E-state index in [9.17, 15) is 4.79 Å². The van der Waals surface area contributed by atoms with Gasteiger partial charge in [0.15, 0.2) is 11.5 Å². The predicted molar refractivity (Wildman–Crippen MR) is 93.1 cm³/mol. The van der Waals surface area contributed by atoms with Crippen LogP contribution in [-0.4, -0.2) is 44.7 Å². The van der Waals surface area contributed by atoms with E-state index in [0.29, 0.717) is 36.8 Å². The van der Waals surface area contributed by atoms with E-state index in [4.69, 9.17) is 14.2 Å². The van der Waals surface area contributed by atoms with Crippen molar-refractivity contribution in [2.45, 2.75) is 6.92 Å². The van der Waals surface area contributed by atoms with Gasteiger partial charge in [-0.2, -0.15) is 0 Å². The quantitative estimate of drug-likeness (QED) is 0.746. The summed E-state index contributed by atoms with van der Waals surface area (Å²) in [6.07, 6.45) is 0. The molecule has 0 heterocycles. The Morgan fingerprint density at radius 2 is 1.79 bits per heavy atom. The van der Waals surface area contributed by atoms with Crippen LogP contribution in [-0.2, 0) is 0 Å². The molecule has 0 unspecified atom stereocenters. The summed E-state index contributed by atoms with van der Waals surface area (Å²) in [5.74, 6) is 1.89. The van der Waals surface area contributed by atoms with Crippen LogP contribution in [0.25, 0.3) is 0 Å². The Kier molecular flexibility index (Phi) is 6.49. The molecule has 0 N–H and O–H groups in total. The molecule has 5 heteroatoms. The number of benzene rings is 2. The SMILES string of the molecule is CCOc1cc(C(=O)N(C)CCOc2ccccc2)ccc1OC. The minimum absolute atomic E-state index is 0.0877. The molecule has 5 nitrogen and oxygen atoms in total. The van der Waals surface area contributed by atoms with Gasteiger partial charge in [-0.1, -0.05) is 18.2 Å².